The zero-order chi connectivity index (χ0) is 22.3. The van der Waals surface area contributed by atoms with Crippen LogP contribution < -0.4 is 0 Å². The topological polar surface area (TPSA) is 73.6 Å². The number of benzene rings is 1. The van der Waals surface area contributed by atoms with Crippen LogP contribution >= 0.6 is 0 Å². The van der Waals surface area contributed by atoms with Gasteiger partial charge in [-0.1, -0.05) is 32.6 Å². The average Bonchev–Trinajstić information content (AvgIpc) is 2.72. The smallest absolute Gasteiger partial charge is 0.121 e. The number of aliphatic hydroxyl groups excluding tert-OH is 2. The molecule has 0 fully saturated rings. The first kappa shape index (κ1) is 23.6. The second kappa shape index (κ2) is 10.9. The van der Waals surface area contributed by atoms with E-state index in [9.17, 15) is 15.3 Å². The lowest BCUT2D eigenvalue weighted by molar-refractivity contribution is 0.201. The van der Waals surface area contributed by atoms with Gasteiger partial charge in [0.1, 0.15) is 5.75 Å². The molecule has 0 bridgehead atoms. The predicted molar refractivity (Wildman–Crippen MR) is 124 cm³/mol. The minimum absolute atomic E-state index is 0.132. The summed E-state index contributed by atoms with van der Waals surface area (Å²) < 4.78 is 0. The van der Waals surface area contributed by atoms with Crippen molar-refractivity contribution in [3.63, 3.8) is 0 Å². The van der Waals surface area contributed by atoms with Crippen molar-refractivity contribution in [1.29, 1.82) is 0 Å². The predicted octanol–water partition coefficient (Wildman–Crippen LogP) is 5.22. The molecule has 4 heteroatoms. The van der Waals surface area contributed by atoms with Gasteiger partial charge in [-0.2, -0.15) is 0 Å². The van der Waals surface area contributed by atoms with Crippen molar-refractivity contribution in [2.24, 2.45) is 5.92 Å². The number of aryl methyl sites for hydroxylation is 2. The first-order valence-electron chi connectivity index (χ1n) is 10.3. The monoisotopic (exact) mass is 407 g/mol. The molecule has 0 amide bonds. The number of rotatable bonds is 9. The maximum absolute atomic E-state index is 10.8. The van der Waals surface area contributed by atoms with E-state index in [0.717, 1.165) is 33.5 Å². The summed E-state index contributed by atoms with van der Waals surface area (Å²) in [6.07, 6.45) is 5.82. The lowest BCUT2D eigenvalue weighted by Crippen LogP contribution is -2.15. The Morgan fingerprint density at radius 1 is 1.17 bits per heavy atom. The molecule has 30 heavy (non-hydrogen) atoms. The molecular formula is C26H33NO3. The van der Waals surface area contributed by atoms with E-state index in [1.807, 2.05) is 58.0 Å². The Balaban J connectivity index is 2.34. The molecule has 2 aromatic rings. The van der Waals surface area contributed by atoms with Crippen molar-refractivity contribution < 1.29 is 15.3 Å². The Hall–Kier alpha value is -2.69. The molecule has 1 aromatic carbocycles. The summed E-state index contributed by atoms with van der Waals surface area (Å²) >= 11 is 0. The molecule has 0 saturated carbocycles. The first-order chi connectivity index (χ1) is 14.2. The number of phenols is 1. The van der Waals surface area contributed by atoms with Crippen molar-refractivity contribution >= 4 is 11.6 Å². The number of hydrogen-bond acceptors (Lipinski definition) is 4. The van der Waals surface area contributed by atoms with Crippen LogP contribution in [0.3, 0.4) is 0 Å². The van der Waals surface area contributed by atoms with Gasteiger partial charge in [0.25, 0.3) is 0 Å². The van der Waals surface area contributed by atoms with E-state index in [1.54, 1.807) is 12.3 Å². The Morgan fingerprint density at radius 3 is 2.37 bits per heavy atom. The van der Waals surface area contributed by atoms with Crippen LogP contribution in [0.15, 0.2) is 60.3 Å². The summed E-state index contributed by atoms with van der Waals surface area (Å²) in [5.74, 6) is 0.499. The van der Waals surface area contributed by atoms with E-state index in [2.05, 4.69) is 17.6 Å². The van der Waals surface area contributed by atoms with E-state index in [-0.39, 0.29) is 12.5 Å². The third kappa shape index (κ3) is 6.15. The second-order valence-corrected chi connectivity index (χ2v) is 7.96. The molecule has 0 spiro atoms. The zero-order valence-corrected chi connectivity index (χ0v) is 18.4. The Morgan fingerprint density at radius 2 is 1.83 bits per heavy atom. The number of hydrogen-bond donors (Lipinski definition) is 3. The van der Waals surface area contributed by atoms with Gasteiger partial charge in [0.05, 0.1) is 18.4 Å². The summed E-state index contributed by atoms with van der Waals surface area (Å²) in [4.78, 5) is 4.49. The summed E-state index contributed by atoms with van der Waals surface area (Å²) in [5, 5.41) is 30.3. The lowest BCUT2D eigenvalue weighted by Gasteiger charge is -2.20. The third-order valence-corrected chi connectivity index (χ3v) is 5.27. The number of aromatic nitrogens is 1. The number of allylic oxidation sites excluding steroid dienone is 1. The van der Waals surface area contributed by atoms with Crippen molar-refractivity contribution in [3.8, 4) is 5.75 Å². The summed E-state index contributed by atoms with van der Waals surface area (Å²) in [6, 6.07) is 9.66. The number of phenolic OH excluding ortho intramolecular Hbond substituents is 1. The summed E-state index contributed by atoms with van der Waals surface area (Å²) in [7, 11) is 0. The summed E-state index contributed by atoms with van der Waals surface area (Å²) in [6.45, 7) is 11.8. The highest BCUT2D eigenvalue weighted by atomic mass is 16.3. The van der Waals surface area contributed by atoms with Crippen LogP contribution in [-0.4, -0.2) is 33.0 Å². The highest BCUT2D eigenvalue weighted by Crippen LogP contribution is 2.29. The fourth-order valence-electron chi connectivity index (χ4n) is 3.46. The van der Waals surface area contributed by atoms with Crippen LogP contribution in [0.25, 0.3) is 11.6 Å². The number of aromatic hydroxyl groups is 1. The lowest BCUT2D eigenvalue weighted by atomic mass is 9.89. The molecule has 0 aliphatic heterocycles. The Kier molecular flexibility index (Phi) is 8.58. The molecule has 3 N–H and O–H groups in total. The third-order valence-electron chi connectivity index (χ3n) is 5.27. The normalized spacial score (nSPS) is 13.6. The molecule has 1 atom stereocenters. The van der Waals surface area contributed by atoms with Crippen molar-refractivity contribution in [3.05, 3.63) is 82.7 Å². The van der Waals surface area contributed by atoms with Gasteiger partial charge in [-0.3, -0.25) is 4.98 Å². The number of nitrogens with zero attached hydrogens (tertiary/aromatic N) is 1. The Labute approximate surface area is 179 Å². The zero-order valence-electron chi connectivity index (χ0n) is 18.4. The van der Waals surface area contributed by atoms with Crippen molar-refractivity contribution in [2.75, 3.05) is 6.61 Å². The molecule has 160 valence electrons. The molecule has 0 saturated heterocycles. The molecule has 1 aromatic heterocycles. The van der Waals surface area contributed by atoms with E-state index in [0.29, 0.717) is 24.2 Å². The molecule has 4 nitrogen and oxygen atoms in total. The van der Waals surface area contributed by atoms with Gasteiger partial charge in [0.2, 0.25) is 0 Å². The molecule has 0 aliphatic carbocycles. The number of pyridine rings is 1. The van der Waals surface area contributed by atoms with Crippen molar-refractivity contribution in [2.45, 2.75) is 46.6 Å². The largest absolute Gasteiger partial charge is 0.507 e. The summed E-state index contributed by atoms with van der Waals surface area (Å²) in [5.41, 5.74) is 6.01. The SMILES string of the molecule is C=C(/C(=C/CO)C(O)CC/C(=C/c1cc(C)c(O)c(C)c1)c1ccccn1)C(C)C. The van der Waals surface area contributed by atoms with Gasteiger partial charge in [0, 0.05) is 6.20 Å². The van der Waals surface area contributed by atoms with Crippen molar-refractivity contribution in [1.82, 2.24) is 4.98 Å². The minimum atomic E-state index is -0.720. The molecular weight excluding hydrogens is 374 g/mol. The van der Waals surface area contributed by atoms with Gasteiger partial charge >= 0.3 is 0 Å². The van der Waals surface area contributed by atoms with E-state index < -0.39 is 6.10 Å². The van der Waals surface area contributed by atoms with Gasteiger partial charge in [-0.15, -0.1) is 0 Å². The van der Waals surface area contributed by atoms with Crippen LogP contribution in [0.4, 0.5) is 0 Å². The standard InChI is InChI=1S/C26H33NO3/c1-17(2)20(5)23(11-13-28)25(29)10-9-22(24-8-6-7-12-27-24)16-21-14-18(3)26(30)19(4)15-21/h6-8,11-12,14-17,25,28-30H,5,9-10,13H2,1-4H3/b22-16-,23-11-. The average molecular weight is 408 g/mol. The maximum Gasteiger partial charge on any atom is 0.121 e. The van der Waals surface area contributed by atoms with Crippen LogP contribution in [-0.2, 0) is 0 Å². The van der Waals surface area contributed by atoms with Gasteiger partial charge < -0.3 is 15.3 Å². The van der Waals surface area contributed by atoms with E-state index in [4.69, 9.17) is 0 Å². The van der Waals surface area contributed by atoms with Gasteiger partial charge in [-0.25, -0.2) is 0 Å². The van der Waals surface area contributed by atoms with Gasteiger partial charge in [-0.05, 0) is 96.4 Å². The molecule has 1 heterocycles. The Bertz CT molecular complexity index is 904. The quantitative estimate of drug-likeness (QED) is 0.499. The molecule has 0 radical (unpaired) electrons. The number of aliphatic hydroxyl groups is 2. The molecule has 0 aliphatic rings. The first-order valence-corrected chi connectivity index (χ1v) is 10.3. The van der Waals surface area contributed by atoms with E-state index in [1.165, 1.54) is 0 Å². The van der Waals surface area contributed by atoms with E-state index >= 15 is 0 Å². The fraction of sp³-hybridized carbons (Fsp3) is 0.346. The van der Waals surface area contributed by atoms with Crippen LogP contribution in [0.2, 0.25) is 0 Å². The maximum atomic E-state index is 10.8. The highest BCUT2D eigenvalue weighted by Gasteiger charge is 2.17. The van der Waals surface area contributed by atoms with Crippen LogP contribution in [0.1, 0.15) is 49.1 Å². The fourth-order valence-corrected chi connectivity index (χ4v) is 3.46. The van der Waals surface area contributed by atoms with Crippen LogP contribution in [0, 0.1) is 19.8 Å². The second-order valence-electron chi connectivity index (χ2n) is 7.96. The van der Waals surface area contributed by atoms with Gasteiger partial charge in [0.15, 0.2) is 0 Å². The minimum Gasteiger partial charge on any atom is -0.507 e. The van der Waals surface area contributed by atoms with Crippen LogP contribution in [0.5, 0.6) is 5.75 Å². The highest BCUT2D eigenvalue weighted by molar-refractivity contribution is 5.80. The molecule has 2 rings (SSSR count). The molecule has 1 unspecified atom stereocenters.